The van der Waals surface area contributed by atoms with E-state index in [4.69, 9.17) is 0 Å². The van der Waals surface area contributed by atoms with Crippen LogP contribution in [-0.2, 0) is 0 Å². The van der Waals surface area contributed by atoms with E-state index in [1.165, 1.54) is 51.6 Å². The normalized spacial score (nSPS) is 35.4. The van der Waals surface area contributed by atoms with Crippen molar-refractivity contribution in [3.63, 3.8) is 0 Å². The zero-order valence-electron chi connectivity index (χ0n) is 11.1. The predicted molar refractivity (Wildman–Crippen MR) is 75.0 cm³/mol. The molecule has 1 nitrogen and oxygen atoms in total. The summed E-state index contributed by atoms with van der Waals surface area (Å²) in [6.45, 7) is 2.71. The van der Waals surface area contributed by atoms with Gasteiger partial charge in [-0.15, -0.1) is 0 Å². The first-order valence-corrected chi connectivity index (χ1v) is 7.76. The molecule has 0 amide bonds. The number of nitrogens with zero attached hydrogens (tertiary/aromatic N) is 1. The molecule has 1 aromatic carbocycles. The number of benzene rings is 1. The molecule has 3 unspecified atom stereocenters. The summed E-state index contributed by atoms with van der Waals surface area (Å²) in [7, 11) is 0. The first-order valence-electron chi connectivity index (χ1n) is 7.76. The van der Waals surface area contributed by atoms with Gasteiger partial charge in [0.1, 0.15) is 0 Å². The van der Waals surface area contributed by atoms with Gasteiger partial charge in [0.25, 0.3) is 0 Å². The Morgan fingerprint density at radius 1 is 0.889 bits per heavy atom. The SMILES string of the molecule is c1ccc2c(c1)C1CCC2C(N2CCCCC2)C1. The molecule has 0 spiro atoms. The molecule has 18 heavy (non-hydrogen) atoms. The van der Waals surface area contributed by atoms with Crippen LogP contribution in [0.25, 0.3) is 0 Å². The lowest BCUT2D eigenvalue weighted by molar-refractivity contribution is 0.0952. The van der Waals surface area contributed by atoms with Crippen LogP contribution in [-0.4, -0.2) is 24.0 Å². The minimum atomic E-state index is 0.837. The van der Waals surface area contributed by atoms with Crippen LogP contribution in [0, 0.1) is 0 Å². The fraction of sp³-hybridized carbons (Fsp3) is 0.647. The fourth-order valence-electron chi connectivity index (χ4n) is 4.67. The molecule has 0 N–H and O–H groups in total. The minimum absolute atomic E-state index is 0.837. The average Bonchev–Trinajstić information content (AvgIpc) is 2.49. The molecule has 0 aromatic heterocycles. The van der Waals surface area contributed by atoms with Gasteiger partial charge < -0.3 is 0 Å². The van der Waals surface area contributed by atoms with Crippen molar-refractivity contribution in [2.75, 3.05) is 13.1 Å². The van der Waals surface area contributed by atoms with Crippen LogP contribution in [0.5, 0.6) is 0 Å². The van der Waals surface area contributed by atoms with Gasteiger partial charge in [-0.2, -0.15) is 0 Å². The lowest BCUT2D eigenvalue weighted by Gasteiger charge is -2.49. The number of likely N-dealkylation sites (tertiary alicyclic amines) is 1. The van der Waals surface area contributed by atoms with E-state index in [1.807, 2.05) is 0 Å². The third-order valence-corrected chi connectivity index (χ3v) is 5.51. The zero-order chi connectivity index (χ0) is 11.9. The second-order valence-electron chi connectivity index (χ2n) is 6.41. The molecule has 5 rings (SSSR count). The van der Waals surface area contributed by atoms with Crippen molar-refractivity contribution in [2.24, 2.45) is 0 Å². The quantitative estimate of drug-likeness (QED) is 0.720. The Hall–Kier alpha value is -0.820. The van der Waals surface area contributed by atoms with Gasteiger partial charge in [-0.3, -0.25) is 4.90 Å². The highest BCUT2D eigenvalue weighted by atomic mass is 15.2. The number of rotatable bonds is 1. The maximum Gasteiger partial charge on any atom is 0.0170 e. The molecule has 1 aromatic rings. The number of fused-ring (bicyclic) bond motifs is 2. The molecule has 3 atom stereocenters. The Bertz CT molecular complexity index is 433. The first-order chi connectivity index (χ1) is 8.93. The smallest absolute Gasteiger partial charge is 0.0170 e. The van der Waals surface area contributed by atoms with Gasteiger partial charge >= 0.3 is 0 Å². The van der Waals surface area contributed by atoms with E-state index in [2.05, 4.69) is 29.2 Å². The maximum absolute atomic E-state index is 2.82. The summed E-state index contributed by atoms with van der Waals surface area (Å²) in [5.41, 5.74) is 3.37. The predicted octanol–water partition coefficient (Wildman–Crippen LogP) is 3.91. The molecular weight excluding hydrogens is 218 g/mol. The van der Waals surface area contributed by atoms with E-state index >= 15 is 0 Å². The lowest BCUT2D eigenvalue weighted by atomic mass is 9.64. The van der Waals surface area contributed by atoms with Crippen LogP contribution in [0.2, 0.25) is 0 Å². The van der Waals surface area contributed by atoms with Crippen LogP contribution >= 0.6 is 0 Å². The molecule has 1 aliphatic heterocycles. The summed E-state index contributed by atoms with van der Waals surface area (Å²) in [5, 5.41) is 0. The molecule has 1 heteroatoms. The minimum Gasteiger partial charge on any atom is -0.300 e. The van der Waals surface area contributed by atoms with Gasteiger partial charge in [-0.25, -0.2) is 0 Å². The average molecular weight is 241 g/mol. The Morgan fingerprint density at radius 2 is 1.67 bits per heavy atom. The second-order valence-corrected chi connectivity index (χ2v) is 6.41. The first kappa shape index (κ1) is 11.0. The van der Waals surface area contributed by atoms with Gasteiger partial charge in [0.05, 0.1) is 0 Å². The molecule has 2 fully saturated rings. The fourth-order valence-corrected chi connectivity index (χ4v) is 4.67. The monoisotopic (exact) mass is 241 g/mol. The highest BCUT2D eigenvalue weighted by Crippen LogP contribution is 2.51. The summed E-state index contributed by atoms with van der Waals surface area (Å²) in [4.78, 5) is 2.82. The maximum atomic E-state index is 2.82. The van der Waals surface area contributed by atoms with Gasteiger partial charge in [0.15, 0.2) is 0 Å². The van der Waals surface area contributed by atoms with Crippen molar-refractivity contribution in [3.05, 3.63) is 35.4 Å². The highest BCUT2D eigenvalue weighted by Gasteiger charge is 2.41. The van der Waals surface area contributed by atoms with Crippen molar-refractivity contribution in [2.45, 2.75) is 56.4 Å². The summed E-state index contributed by atoms with van der Waals surface area (Å²) >= 11 is 0. The summed E-state index contributed by atoms with van der Waals surface area (Å²) in [6.07, 6.45) is 8.61. The molecular formula is C17H23N. The topological polar surface area (TPSA) is 3.24 Å². The molecule has 1 saturated heterocycles. The van der Waals surface area contributed by atoms with Gasteiger partial charge in [-0.1, -0.05) is 30.7 Å². The third kappa shape index (κ3) is 1.64. The van der Waals surface area contributed by atoms with Gasteiger partial charge in [-0.05, 0) is 68.2 Å². The van der Waals surface area contributed by atoms with Gasteiger partial charge in [0.2, 0.25) is 0 Å². The Kier molecular flexibility index (Phi) is 2.69. The van der Waals surface area contributed by atoms with E-state index in [1.54, 1.807) is 11.1 Å². The van der Waals surface area contributed by atoms with Crippen molar-refractivity contribution < 1.29 is 0 Å². The summed E-state index contributed by atoms with van der Waals surface area (Å²) in [5.74, 6) is 1.70. The summed E-state index contributed by atoms with van der Waals surface area (Å²) in [6, 6.07) is 10.1. The number of hydrogen-bond donors (Lipinski definition) is 0. The van der Waals surface area contributed by atoms with Crippen molar-refractivity contribution in [1.29, 1.82) is 0 Å². The van der Waals surface area contributed by atoms with Crippen LogP contribution in [0.15, 0.2) is 24.3 Å². The van der Waals surface area contributed by atoms with Crippen LogP contribution in [0.1, 0.15) is 61.5 Å². The number of piperidine rings is 1. The molecule has 96 valence electrons. The van der Waals surface area contributed by atoms with Crippen molar-refractivity contribution in [3.8, 4) is 0 Å². The van der Waals surface area contributed by atoms with Crippen LogP contribution in [0.4, 0.5) is 0 Å². The largest absolute Gasteiger partial charge is 0.300 e. The summed E-state index contributed by atoms with van der Waals surface area (Å²) < 4.78 is 0. The van der Waals surface area contributed by atoms with Crippen LogP contribution in [0.3, 0.4) is 0 Å². The standard InChI is InChI=1S/C17H23N/c1-4-10-18(11-5-1)17-12-13-8-9-16(17)15-7-3-2-6-14(13)15/h2-3,6-7,13,16-17H,1,4-5,8-12H2. The van der Waals surface area contributed by atoms with E-state index in [0.717, 1.165) is 17.9 Å². The molecule has 0 radical (unpaired) electrons. The van der Waals surface area contributed by atoms with E-state index in [-0.39, 0.29) is 0 Å². The lowest BCUT2D eigenvalue weighted by Crippen LogP contribution is -2.47. The van der Waals surface area contributed by atoms with E-state index in [9.17, 15) is 0 Å². The molecule has 4 aliphatic rings. The third-order valence-electron chi connectivity index (χ3n) is 5.51. The van der Waals surface area contributed by atoms with Crippen molar-refractivity contribution in [1.82, 2.24) is 4.90 Å². The molecule has 3 aliphatic carbocycles. The van der Waals surface area contributed by atoms with Crippen LogP contribution < -0.4 is 0 Å². The van der Waals surface area contributed by atoms with Crippen molar-refractivity contribution >= 4 is 0 Å². The number of hydrogen-bond acceptors (Lipinski definition) is 1. The van der Waals surface area contributed by atoms with Gasteiger partial charge in [0, 0.05) is 6.04 Å². The Labute approximate surface area is 110 Å². The van der Waals surface area contributed by atoms with E-state index < -0.39 is 0 Å². The Balaban J connectivity index is 1.66. The Morgan fingerprint density at radius 3 is 2.50 bits per heavy atom. The molecule has 2 bridgehead atoms. The second kappa shape index (κ2) is 4.38. The zero-order valence-corrected chi connectivity index (χ0v) is 11.1. The van der Waals surface area contributed by atoms with E-state index in [0.29, 0.717) is 0 Å². The molecule has 1 heterocycles. The molecule has 1 saturated carbocycles. The highest BCUT2D eigenvalue weighted by molar-refractivity contribution is 5.39.